The van der Waals surface area contributed by atoms with Crippen LogP contribution in [0, 0.1) is 0 Å². The van der Waals surface area contributed by atoms with Crippen molar-refractivity contribution in [1.29, 1.82) is 0 Å². The molecule has 2 heteroatoms. The maximum atomic E-state index is 12.0. The second kappa shape index (κ2) is 7.44. The van der Waals surface area contributed by atoms with Gasteiger partial charge in [0, 0.05) is 5.57 Å². The molecule has 2 nitrogen and oxygen atoms in total. The van der Waals surface area contributed by atoms with Crippen molar-refractivity contribution in [3.63, 3.8) is 0 Å². The Balaban J connectivity index is 1.84. The zero-order chi connectivity index (χ0) is 15.1. The lowest BCUT2D eigenvalue weighted by Gasteiger charge is -2.13. The van der Waals surface area contributed by atoms with Gasteiger partial charge in [-0.1, -0.05) is 74.2 Å². The van der Waals surface area contributed by atoms with Crippen molar-refractivity contribution in [3.05, 3.63) is 83.9 Å². The van der Waals surface area contributed by atoms with Crippen LogP contribution in [0.1, 0.15) is 30.4 Å². The summed E-state index contributed by atoms with van der Waals surface area (Å²) in [4.78, 5) is 12.0. The fourth-order valence-corrected chi connectivity index (χ4v) is 2.18. The van der Waals surface area contributed by atoms with Crippen LogP contribution in [0.5, 0.6) is 0 Å². The highest BCUT2D eigenvalue weighted by molar-refractivity contribution is 5.87. The summed E-state index contributed by atoms with van der Waals surface area (Å²) in [6.45, 7) is 6.24. The van der Waals surface area contributed by atoms with Crippen molar-refractivity contribution < 1.29 is 9.53 Å². The second-order valence-corrected chi connectivity index (χ2v) is 5.18. The molecule has 0 aliphatic carbocycles. The minimum absolute atomic E-state index is 0.253. The first-order valence-corrected chi connectivity index (χ1v) is 7.10. The van der Waals surface area contributed by atoms with Crippen LogP contribution in [-0.2, 0) is 16.1 Å². The second-order valence-electron chi connectivity index (χ2n) is 5.18. The van der Waals surface area contributed by atoms with Gasteiger partial charge in [-0.15, -0.1) is 0 Å². The summed E-state index contributed by atoms with van der Waals surface area (Å²) in [5, 5.41) is 0. The predicted molar refractivity (Wildman–Crippen MR) is 84.9 cm³/mol. The highest BCUT2D eigenvalue weighted by Gasteiger charge is 2.14. The average Bonchev–Trinajstić information content (AvgIpc) is 2.54. The van der Waals surface area contributed by atoms with Gasteiger partial charge in [-0.2, -0.15) is 0 Å². The molecule has 108 valence electrons. The van der Waals surface area contributed by atoms with Crippen LogP contribution >= 0.6 is 0 Å². The zero-order valence-electron chi connectivity index (χ0n) is 12.3. The Labute approximate surface area is 126 Å². The molecule has 0 amide bonds. The summed E-state index contributed by atoms with van der Waals surface area (Å²) in [6, 6.07) is 19.8. The van der Waals surface area contributed by atoms with Gasteiger partial charge >= 0.3 is 5.97 Å². The van der Waals surface area contributed by atoms with Crippen molar-refractivity contribution in [1.82, 2.24) is 0 Å². The van der Waals surface area contributed by atoms with Gasteiger partial charge in [-0.3, -0.25) is 0 Å². The number of carbonyl (C=O) groups is 1. The molecular formula is C19H20O2. The van der Waals surface area contributed by atoms with E-state index in [1.54, 1.807) is 0 Å². The molecule has 0 radical (unpaired) electrons. The van der Waals surface area contributed by atoms with Crippen LogP contribution in [0.25, 0.3) is 0 Å². The van der Waals surface area contributed by atoms with Crippen molar-refractivity contribution in [2.75, 3.05) is 0 Å². The Morgan fingerprint density at radius 1 is 1.05 bits per heavy atom. The molecule has 21 heavy (non-hydrogen) atoms. The van der Waals surface area contributed by atoms with E-state index in [1.807, 2.05) is 48.5 Å². The number of carbonyl (C=O) groups excluding carboxylic acids is 1. The molecule has 1 atom stereocenters. The van der Waals surface area contributed by atoms with Crippen LogP contribution in [0.4, 0.5) is 0 Å². The fourth-order valence-electron chi connectivity index (χ4n) is 2.18. The molecule has 0 aliphatic heterocycles. The van der Waals surface area contributed by atoms with Crippen LogP contribution in [0.15, 0.2) is 72.8 Å². The fraction of sp³-hybridized carbons (Fsp3) is 0.211. The Hall–Kier alpha value is -2.35. The molecule has 0 saturated carbocycles. The molecule has 2 aromatic rings. The topological polar surface area (TPSA) is 26.3 Å². The van der Waals surface area contributed by atoms with E-state index in [-0.39, 0.29) is 11.9 Å². The number of esters is 1. The predicted octanol–water partition coefficient (Wildman–Crippen LogP) is 4.48. The van der Waals surface area contributed by atoms with Gasteiger partial charge in [0.05, 0.1) is 0 Å². The van der Waals surface area contributed by atoms with Crippen molar-refractivity contribution in [2.24, 2.45) is 0 Å². The Morgan fingerprint density at radius 3 is 2.24 bits per heavy atom. The first kappa shape index (κ1) is 15.0. The smallest absolute Gasteiger partial charge is 0.333 e. The van der Waals surface area contributed by atoms with E-state index in [1.165, 1.54) is 5.56 Å². The maximum Gasteiger partial charge on any atom is 0.333 e. The third kappa shape index (κ3) is 4.60. The van der Waals surface area contributed by atoms with E-state index in [2.05, 4.69) is 25.6 Å². The molecule has 2 aromatic carbocycles. The monoisotopic (exact) mass is 280 g/mol. The number of rotatable bonds is 6. The molecule has 0 heterocycles. The summed E-state index contributed by atoms with van der Waals surface area (Å²) < 4.78 is 5.29. The molecule has 0 N–H and O–H groups in total. The van der Waals surface area contributed by atoms with Gasteiger partial charge in [0.15, 0.2) is 0 Å². The van der Waals surface area contributed by atoms with Gasteiger partial charge in [-0.25, -0.2) is 4.79 Å². The molecule has 0 aromatic heterocycles. The maximum absolute atomic E-state index is 12.0. The van der Waals surface area contributed by atoms with E-state index in [0.717, 1.165) is 5.56 Å². The first-order chi connectivity index (χ1) is 10.2. The van der Waals surface area contributed by atoms with Gasteiger partial charge in [0.25, 0.3) is 0 Å². The Morgan fingerprint density at radius 2 is 1.62 bits per heavy atom. The molecular weight excluding hydrogens is 260 g/mol. The molecule has 0 bridgehead atoms. The summed E-state index contributed by atoms with van der Waals surface area (Å²) in [5.74, 6) is -0.0652. The largest absolute Gasteiger partial charge is 0.457 e. The first-order valence-electron chi connectivity index (χ1n) is 7.10. The Kier molecular flexibility index (Phi) is 5.33. The number of benzene rings is 2. The zero-order valence-corrected chi connectivity index (χ0v) is 12.3. The molecule has 0 aliphatic rings. The van der Waals surface area contributed by atoms with E-state index < -0.39 is 0 Å². The number of hydrogen-bond donors (Lipinski definition) is 0. The molecule has 2 rings (SSSR count). The van der Waals surface area contributed by atoms with Crippen LogP contribution < -0.4 is 0 Å². The SMILES string of the molecule is C=C(CC(C)c1ccccc1)C(=O)OCc1ccccc1. The quantitative estimate of drug-likeness (QED) is 0.576. The van der Waals surface area contributed by atoms with Crippen LogP contribution in [0.2, 0.25) is 0 Å². The summed E-state index contributed by atoms with van der Waals surface area (Å²) in [7, 11) is 0. The normalized spacial score (nSPS) is 11.7. The lowest BCUT2D eigenvalue weighted by molar-refractivity contribution is -0.140. The Bertz CT molecular complexity index is 587. The lowest BCUT2D eigenvalue weighted by atomic mass is 9.94. The number of ether oxygens (including phenoxy) is 1. The summed E-state index contributed by atoms with van der Waals surface area (Å²) in [6.07, 6.45) is 0.609. The lowest BCUT2D eigenvalue weighted by Crippen LogP contribution is -2.09. The molecule has 0 fully saturated rings. The molecule has 0 saturated heterocycles. The van der Waals surface area contributed by atoms with Gasteiger partial charge in [-0.05, 0) is 23.5 Å². The average molecular weight is 280 g/mol. The highest BCUT2D eigenvalue weighted by atomic mass is 16.5. The van der Waals surface area contributed by atoms with Gasteiger partial charge in [0.1, 0.15) is 6.61 Å². The van der Waals surface area contributed by atoms with E-state index in [0.29, 0.717) is 18.6 Å². The minimum Gasteiger partial charge on any atom is -0.457 e. The van der Waals surface area contributed by atoms with Crippen LogP contribution in [0.3, 0.4) is 0 Å². The van der Waals surface area contributed by atoms with E-state index in [4.69, 9.17) is 4.74 Å². The minimum atomic E-state index is -0.318. The van der Waals surface area contributed by atoms with Crippen molar-refractivity contribution in [3.8, 4) is 0 Å². The summed E-state index contributed by atoms with van der Waals surface area (Å²) >= 11 is 0. The third-order valence-corrected chi connectivity index (χ3v) is 3.42. The standard InChI is InChI=1S/C19H20O2/c1-15(18-11-7-4-8-12-18)13-16(2)19(20)21-14-17-9-5-3-6-10-17/h3-12,15H,2,13-14H2,1H3. The highest BCUT2D eigenvalue weighted by Crippen LogP contribution is 2.22. The van der Waals surface area contributed by atoms with Gasteiger partial charge < -0.3 is 4.74 Å². The van der Waals surface area contributed by atoms with E-state index in [9.17, 15) is 4.79 Å². The third-order valence-electron chi connectivity index (χ3n) is 3.42. The number of hydrogen-bond acceptors (Lipinski definition) is 2. The molecule has 0 spiro atoms. The van der Waals surface area contributed by atoms with Crippen molar-refractivity contribution >= 4 is 5.97 Å². The summed E-state index contributed by atoms with van der Waals surface area (Å²) in [5.41, 5.74) is 2.70. The van der Waals surface area contributed by atoms with E-state index >= 15 is 0 Å². The molecule has 1 unspecified atom stereocenters. The van der Waals surface area contributed by atoms with Crippen molar-refractivity contribution in [2.45, 2.75) is 25.9 Å². The van der Waals surface area contributed by atoms with Gasteiger partial charge in [0.2, 0.25) is 0 Å². The van der Waals surface area contributed by atoms with Crippen LogP contribution in [-0.4, -0.2) is 5.97 Å².